The molecule has 1 aliphatic carbocycles. The molecule has 3 aromatic rings. The third-order valence-electron chi connectivity index (χ3n) is 6.29. The van der Waals surface area contributed by atoms with Crippen LogP contribution in [0.15, 0.2) is 41.3 Å². The Labute approximate surface area is 221 Å². The molecule has 37 heavy (non-hydrogen) atoms. The molecule has 4 rings (SSSR count). The molecule has 0 saturated heterocycles. The van der Waals surface area contributed by atoms with Crippen molar-refractivity contribution in [3.63, 3.8) is 0 Å². The number of aryl methyl sites for hydroxylation is 1. The summed E-state index contributed by atoms with van der Waals surface area (Å²) < 4.78 is 41.0. The first-order valence-corrected chi connectivity index (χ1v) is 13.9. The smallest absolute Gasteiger partial charge is 0.304 e. The normalized spacial score (nSPS) is 14.6. The van der Waals surface area contributed by atoms with Crippen LogP contribution in [0.5, 0.6) is 0 Å². The fourth-order valence-electron chi connectivity index (χ4n) is 4.72. The molecule has 1 heterocycles. The zero-order valence-corrected chi connectivity index (χ0v) is 23.1. The third kappa shape index (κ3) is 6.42. The summed E-state index contributed by atoms with van der Waals surface area (Å²) in [7, 11) is 3.70. The monoisotopic (exact) mass is 550 g/mol. The topological polar surface area (TPSA) is 107 Å². The minimum absolute atomic E-state index is 0.0549. The van der Waals surface area contributed by atoms with Gasteiger partial charge in [0.05, 0.1) is 16.8 Å². The first-order valence-electron chi connectivity index (χ1n) is 11.6. The van der Waals surface area contributed by atoms with Crippen LogP contribution in [0, 0.1) is 11.2 Å². The summed E-state index contributed by atoms with van der Waals surface area (Å²) in [6.07, 6.45) is 2.23. The number of hydrogen-bond acceptors (Lipinski definition) is 4. The molecular formula is C26H32ClFN4O4S. The number of nitrogens with zero attached hydrogens (tertiary/aromatic N) is 3. The molecule has 0 amide bonds. The predicted octanol–water partition coefficient (Wildman–Crippen LogP) is 4.43. The van der Waals surface area contributed by atoms with E-state index in [9.17, 15) is 22.7 Å². The molecule has 0 fully saturated rings. The molecule has 2 aromatic carbocycles. The van der Waals surface area contributed by atoms with E-state index >= 15 is 0 Å². The Morgan fingerprint density at radius 3 is 2.24 bits per heavy atom. The summed E-state index contributed by atoms with van der Waals surface area (Å²) in [4.78, 5) is 14.8. The van der Waals surface area contributed by atoms with Gasteiger partial charge in [-0.15, -0.1) is 0 Å². The molecule has 0 spiro atoms. The maximum atomic E-state index is 14.3. The SMILES string of the molecule is CN(C)C(=N)N(C)C.CS(=O)(=O)c1cc(F)cc2c3c(n(Cc4ccc(Cl)cc4)c12)[C@@H](CC(=O)O)CC3. The first kappa shape index (κ1) is 28.5. The maximum absolute atomic E-state index is 14.3. The molecule has 0 aliphatic heterocycles. The van der Waals surface area contributed by atoms with E-state index in [1.807, 2.05) is 44.9 Å². The van der Waals surface area contributed by atoms with E-state index in [0.717, 1.165) is 29.1 Å². The Kier molecular flexibility index (Phi) is 8.54. The van der Waals surface area contributed by atoms with E-state index in [4.69, 9.17) is 17.0 Å². The van der Waals surface area contributed by atoms with E-state index < -0.39 is 21.6 Å². The van der Waals surface area contributed by atoms with Crippen molar-refractivity contribution >= 4 is 44.3 Å². The number of benzene rings is 2. The molecule has 1 aliphatic rings. The van der Waals surface area contributed by atoms with Crippen molar-refractivity contribution in [2.45, 2.75) is 36.6 Å². The molecular weight excluding hydrogens is 519 g/mol. The molecule has 0 unspecified atom stereocenters. The Bertz CT molecular complexity index is 1420. The Hall–Kier alpha value is -3.11. The molecule has 1 atom stereocenters. The van der Waals surface area contributed by atoms with Gasteiger partial charge >= 0.3 is 5.97 Å². The second-order valence-electron chi connectivity index (χ2n) is 9.59. The van der Waals surface area contributed by atoms with Crippen LogP contribution in [0.2, 0.25) is 5.02 Å². The van der Waals surface area contributed by atoms with Crippen LogP contribution in [0.25, 0.3) is 10.9 Å². The van der Waals surface area contributed by atoms with E-state index in [0.29, 0.717) is 41.3 Å². The zero-order valence-electron chi connectivity index (χ0n) is 21.5. The fraction of sp³-hybridized carbons (Fsp3) is 0.385. The quantitative estimate of drug-likeness (QED) is 0.359. The van der Waals surface area contributed by atoms with E-state index in [-0.39, 0.29) is 17.2 Å². The van der Waals surface area contributed by atoms with Gasteiger partial charge in [0, 0.05) is 63.0 Å². The van der Waals surface area contributed by atoms with Crippen molar-refractivity contribution in [2.24, 2.45) is 0 Å². The van der Waals surface area contributed by atoms with E-state index in [2.05, 4.69) is 0 Å². The van der Waals surface area contributed by atoms with Crippen LogP contribution in [0.1, 0.15) is 35.6 Å². The van der Waals surface area contributed by atoms with Gasteiger partial charge in [-0.2, -0.15) is 0 Å². The van der Waals surface area contributed by atoms with Gasteiger partial charge in [0.25, 0.3) is 0 Å². The summed E-state index contributed by atoms with van der Waals surface area (Å²) >= 11 is 5.97. The molecule has 2 N–H and O–H groups in total. The number of guanidine groups is 1. The Balaban J connectivity index is 0.000000414. The average Bonchev–Trinajstić information content (AvgIpc) is 3.32. The predicted molar refractivity (Wildman–Crippen MR) is 144 cm³/mol. The molecule has 0 radical (unpaired) electrons. The van der Waals surface area contributed by atoms with Gasteiger partial charge in [0.15, 0.2) is 15.8 Å². The molecule has 0 bridgehead atoms. The highest BCUT2D eigenvalue weighted by Crippen LogP contribution is 2.44. The minimum atomic E-state index is -3.70. The van der Waals surface area contributed by atoms with Crippen molar-refractivity contribution < 1.29 is 22.7 Å². The van der Waals surface area contributed by atoms with E-state index in [1.165, 1.54) is 6.07 Å². The number of sulfone groups is 1. The lowest BCUT2D eigenvalue weighted by molar-refractivity contribution is -0.137. The lowest BCUT2D eigenvalue weighted by atomic mass is 10.0. The Morgan fingerprint density at radius 1 is 1.16 bits per heavy atom. The molecule has 0 saturated carbocycles. The second-order valence-corrected chi connectivity index (χ2v) is 12.0. The van der Waals surface area contributed by atoms with Crippen LogP contribution in [0.3, 0.4) is 0 Å². The highest BCUT2D eigenvalue weighted by atomic mass is 35.5. The van der Waals surface area contributed by atoms with Gasteiger partial charge in [0.2, 0.25) is 0 Å². The standard InChI is InChI=1S/C21H19ClFNO4S.C5H13N3/c1-29(27,28)18-10-15(23)9-17-16-7-4-13(8-19(25)26)20(16)24(21(17)18)11-12-2-5-14(22)6-3-12;1-7(2)5(6)8(3)4/h2-3,5-6,9-10,13H,4,7-8,11H2,1H3,(H,25,26);6H,1-4H3/t13-;/m1./s1. The van der Waals surface area contributed by atoms with Crippen molar-refractivity contribution in [1.82, 2.24) is 14.4 Å². The van der Waals surface area contributed by atoms with Crippen LogP contribution >= 0.6 is 11.6 Å². The first-order chi connectivity index (χ1) is 17.2. The van der Waals surface area contributed by atoms with Crippen LogP contribution in [-0.4, -0.2) is 74.3 Å². The van der Waals surface area contributed by atoms with Gasteiger partial charge in [-0.05, 0) is 48.2 Å². The molecule has 8 nitrogen and oxygen atoms in total. The number of carbonyl (C=O) groups is 1. The summed E-state index contributed by atoms with van der Waals surface area (Å²) in [5, 5.41) is 17.7. The zero-order chi connectivity index (χ0) is 27.7. The Morgan fingerprint density at radius 2 is 1.76 bits per heavy atom. The number of carboxylic acid groups (broad SMARTS) is 1. The van der Waals surface area contributed by atoms with Gasteiger partial charge in [0.1, 0.15) is 5.82 Å². The molecule has 11 heteroatoms. The number of carboxylic acids is 1. The highest BCUT2D eigenvalue weighted by Gasteiger charge is 2.33. The van der Waals surface area contributed by atoms with Crippen molar-refractivity contribution in [1.29, 1.82) is 5.41 Å². The lowest BCUT2D eigenvalue weighted by Gasteiger charge is -2.19. The van der Waals surface area contributed by atoms with Crippen LogP contribution in [0.4, 0.5) is 4.39 Å². The summed E-state index contributed by atoms with van der Waals surface area (Å²) in [6, 6.07) is 9.56. The van der Waals surface area contributed by atoms with Gasteiger partial charge in [-0.1, -0.05) is 23.7 Å². The lowest BCUT2D eigenvalue weighted by Crippen LogP contribution is -2.34. The second kappa shape index (κ2) is 11.1. The number of rotatable bonds is 5. The highest BCUT2D eigenvalue weighted by molar-refractivity contribution is 7.91. The number of aromatic nitrogens is 1. The average molecular weight is 551 g/mol. The van der Waals surface area contributed by atoms with Gasteiger partial charge in [-0.25, -0.2) is 12.8 Å². The summed E-state index contributed by atoms with van der Waals surface area (Å²) in [5.41, 5.74) is 2.94. The van der Waals surface area contributed by atoms with Crippen molar-refractivity contribution in [2.75, 3.05) is 34.4 Å². The minimum Gasteiger partial charge on any atom is -0.481 e. The number of aliphatic carboxylic acids is 1. The number of hydrogen-bond donors (Lipinski definition) is 2. The number of halogens is 2. The molecule has 200 valence electrons. The summed E-state index contributed by atoms with van der Waals surface area (Å²) in [6.45, 7) is 0.341. The summed E-state index contributed by atoms with van der Waals surface area (Å²) in [5.74, 6) is -1.27. The number of fused-ring (bicyclic) bond motifs is 3. The van der Waals surface area contributed by atoms with Crippen LogP contribution in [-0.2, 0) is 27.6 Å². The van der Waals surface area contributed by atoms with E-state index in [1.54, 1.807) is 21.9 Å². The number of nitrogens with one attached hydrogen (secondary N) is 1. The largest absolute Gasteiger partial charge is 0.481 e. The van der Waals surface area contributed by atoms with Gasteiger partial charge < -0.3 is 19.5 Å². The fourth-order valence-corrected chi connectivity index (χ4v) is 5.74. The van der Waals surface area contributed by atoms with Crippen molar-refractivity contribution in [3.8, 4) is 0 Å². The third-order valence-corrected chi connectivity index (χ3v) is 7.65. The maximum Gasteiger partial charge on any atom is 0.304 e. The van der Waals surface area contributed by atoms with Gasteiger partial charge in [-0.3, -0.25) is 10.2 Å². The molecule has 1 aromatic heterocycles. The van der Waals surface area contributed by atoms with Crippen LogP contribution < -0.4 is 0 Å². The van der Waals surface area contributed by atoms with Crippen molar-refractivity contribution in [3.05, 3.63) is 64.1 Å².